The molecule has 1 aliphatic rings. The van der Waals surface area contributed by atoms with Gasteiger partial charge in [0.1, 0.15) is 12.2 Å². The summed E-state index contributed by atoms with van der Waals surface area (Å²) < 4.78 is 2.14. The molecule has 0 aliphatic carbocycles. The first-order valence-electron chi connectivity index (χ1n) is 7.95. The van der Waals surface area contributed by atoms with Gasteiger partial charge in [0, 0.05) is 30.4 Å². The Morgan fingerprint density at radius 3 is 3.18 bits per heavy atom. The summed E-state index contributed by atoms with van der Waals surface area (Å²) in [6, 6.07) is 4.03. The fourth-order valence-electron chi connectivity index (χ4n) is 3.08. The maximum absolute atomic E-state index is 12.5. The lowest BCUT2D eigenvalue weighted by Gasteiger charge is -2.32. The standard InChI is InChI=1S/C16H22N4OS/c1-2-7-20-12-17-18-16(20)13-5-3-8-19(11-13)15(21)10-14-6-4-9-22-14/h4,6,9,12-13H,2-3,5,7-8,10-11H2,1H3. The van der Waals surface area contributed by atoms with Gasteiger partial charge < -0.3 is 9.47 Å². The highest BCUT2D eigenvalue weighted by Gasteiger charge is 2.27. The highest BCUT2D eigenvalue weighted by atomic mass is 32.1. The van der Waals surface area contributed by atoms with E-state index in [2.05, 4.69) is 21.7 Å². The Bertz CT molecular complexity index is 607. The number of likely N-dealkylation sites (tertiary alicyclic amines) is 1. The molecule has 0 aromatic carbocycles. The van der Waals surface area contributed by atoms with Gasteiger partial charge in [0.2, 0.25) is 5.91 Å². The van der Waals surface area contributed by atoms with Crippen molar-refractivity contribution in [1.82, 2.24) is 19.7 Å². The summed E-state index contributed by atoms with van der Waals surface area (Å²) in [6.07, 6.45) is 5.53. The zero-order chi connectivity index (χ0) is 15.4. The molecular formula is C16H22N4OS. The minimum absolute atomic E-state index is 0.230. The molecule has 3 rings (SSSR count). The normalized spacial score (nSPS) is 18.6. The molecule has 22 heavy (non-hydrogen) atoms. The zero-order valence-electron chi connectivity index (χ0n) is 12.9. The van der Waals surface area contributed by atoms with E-state index in [-0.39, 0.29) is 5.91 Å². The lowest BCUT2D eigenvalue weighted by Crippen LogP contribution is -2.40. The number of carbonyl (C=O) groups is 1. The Morgan fingerprint density at radius 2 is 2.41 bits per heavy atom. The highest BCUT2D eigenvalue weighted by Crippen LogP contribution is 2.26. The van der Waals surface area contributed by atoms with Gasteiger partial charge in [-0.15, -0.1) is 21.5 Å². The number of hydrogen-bond acceptors (Lipinski definition) is 4. The van der Waals surface area contributed by atoms with Crippen molar-refractivity contribution in [3.05, 3.63) is 34.5 Å². The van der Waals surface area contributed by atoms with Crippen LogP contribution in [0.1, 0.15) is 42.8 Å². The quantitative estimate of drug-likeness (QED) is 0.851. The third-order valence-corrected chi connectivity index (χ3v) is 5.03. The molecule has 1 aliphatic heterocycles. The maximum Gasteiger partial charge on any atom is 0.227 e. The van der Waals surface area contributed by atoms with Gasteiger partial charge >= 0.3 is 0 Å². The zero-order valence-corrected chi connectivity index (χ0v) is 13.8. The second-order valence-electron chi connectivity index (χ2n) is 5.82. The van der Waals surface area contributed by atoms with Crippen molar-refractivity contribution in [2.24, 2.45) is 0 Å². The molecule has 0 radical (unpaired) electrons. The molecule has 1 amide bonds. The lowest BCUT2D eigenvalue weighted by molar-refractivity contribution is -0.131. The van der Waals surface area contributed by atoms with Crippen molar-refractivity contribution >= 4 is 17.2 Å². The fourth-order valence-corrected chi connectivity index (χ4v) is 3.78. The van der Waals surface area contributed by atoms with Crippen LogP contribution in [0.25, 0.3) is 0 Å². The van der Waals surface area contributed by atoms with Gasteiger partial charge in [-0.25, -0.2) is 0 Å². The third kappa shape index (κ3) is 3.38. The monoisotopic (exact) mass is 318 g/mol. The summed E-state index contributed by atoms with van der Waals surface area (Å²) in [5, 5.41) is 10.4. The summed E-state index contributed by atoms with van der Waals surface area (Å²) in [6.45, 7) is 4.73. The molecule has 0 N–H and O–H groups in total. The van der Waals surface area contributed by atoms with Crippen LogP contribution in [0.4, 0.5) is 0 Å². The second-order valence-corrected chi connectivity index (χ2v) is 6.85. The van der Waals surface area contributed by atoms with Crippen LogP contribution in [0.2, 0.25) is 0 Å². The molecule has 2 aromatic rings. The van der Waals surface area contributed by atoms with Crippen molar-refractivity contribution in [3.8, 4) is 0 Å². The van der Waals surface area contributed by atoms with Crippen molar-refractivity contribution < 1.29 is 4.79 Å². The van der Waals surface area contributed by atoms with Crippen LogP contribution >= 0.6 is 11.3 Å². The molecule has 1 saturated heterocycles. The fraction of sp³-hybridized carbons (Fsp3) is 0.562. The van der Waals surface area contributed by atoms with E-state index in [0.29, 0.717) is 12.3 Å². The Balaban J connectivity index is 1.66. The van der Waals surface area contributed by atoms with Gasteiger partial charge in [0.25, 0.3) is 0 Å². The molecule has 3 heterocycles. The molecule has 1 fully saturated rings. The minimum atomic E-state index is 0.230. The topological polar surface area (TPSA) is 51.0 Å². The molecule has 1 atom stereocenters. The van der Waals surface area contributed by atoms with Crippen LogP contribution in [-0.2, 0) is 17.8 Å². The van der Waals surface area contributed by atoms with Crippen LogP contribution < -0.4 is 0 Å². The number of nitrogens with zero attached hydrogens (tertiary/aromatic N) is 4. The largest absolute Gasteiger partial charge is 0.342 e. The molecule has 1 unspecified atom stereocenters. The number of thiophene rings is 1. The number of piperidine rings is 1. The first-order valence-corrected chi connectivity index (χ1v) is 8.83. The predicted octanol–water partition coefficient (Wildman–Crippen LogP) is 2.70. The smallest absolute Gasteiger partial charge is 0.227 e. The number of aromatic nitrogens is 3. The van der Waals surface area contributed by atoms with Gasteiger partial charge in [-0.2, -0.15) is 0 Å². The Hall–Kier alpha value is -1.69. The average molecular weight is 318 g/mol. The Morgan fingerprint density at radius 1 is 1.50 bits per heavy atom. The van der Waals surface area contributed by atoms with E-state index in [1.807, 2.05) is 28.7 Å². The summed E-state index contributed by atoms with van der Waals surface area (Å²) in [4.78, 5) is 15.6. The molecule has 0 saturated carbocycles. The van der Waals surface area contributed by atoms with Crippen molar-refractivity contribution in [2.75, 3.05) is 13.1 Å². The van der Waals surface area contributed by atoms with E-state index < -0.39 is 0 Å². The van der Waals surface area contributed by atoms with E-state index in [4.69, 9.17) is 0 Å². The Kier molecular flexibility index (Phi) is 4.87. The summed E-state index contributed by atoms with van der Waals surface area (Å²) in [5.74, 6) is 1.58. The molecule has 6 heteroatoms. The van der Waals surface area contributed by atoms with Crippen LogP contribution in [-0.4, -0.2) is 38.7 Å². The number of hydrogen-bond donors (Lipinski definition) is 0. The molecule has 0 bridgehead atoms. The van der Waals surface area contributed by atoms with E-state index >= 15 is 0 Å². The van der Waals surface area contributed by atoms with Gasteiger partial charge in [-0.05, 0) is 30.7 Å². The third-order valence-electron chi connectivity index (χ3n) is 4.15. The molecule has 0 spiro atoms. The SMILES string of the molecule is CCCn1cnnc1C1CCCN(C(=O)Cc2cccs2)C1. The first-order chi connectivity index (χ1) is 10.8. The lowest BCUT2D eigenvalue weighted by atomic mass is 9.96. The van der Waals surface area contributed by atoms with Crippen LogP contribution in [0, 0.1) is 0 Å². The average Bonchev–Trinajstić information content (AvgIpc) is 3.19. The van der Waals surface area contributed by atoms with Crippen molar-refractivity contribution in [2.45, 2.75) is 45.1 Å². The van der Waals surface area contributed by atoms with Crippen molar-refractivity contribution in [1.29, 1.82) is 0 Å². The molecule has 5 nitrogen and oxygen atoms in total. The van der Waals surface area contributed by atoms with E-state index in [9.17, 15) is 4.79 Å². The van der Waals surface area contributed by atoms with Gasteiger partial charge in [-0.3, -0.25) is 4.79 Å². The number of aryl methyl sites for hydroxylation is 1. The van der Waals surface area contributed by atoms with Gasteiger partial charge in [-0.1, -0.05) is 13.0 Å². The van der Waals surface area contributed by atoms with Gasteiger partial charge in [0.15, 0.2) is 0 Å². The predicted molar refractivity (Wildman–Crippen MR) is 86.9 cm³/mol. The summed E-state index contributed by atoms with van der Waals surface area (Å²) in [5.41, 5.74) is 0. The highest BCUT2D eigenvalue weighted by molar-refractivity contribution is 7.10. The minimum Gasteiger partial charge on any atom is -0.342 e. The van der Waals surface area contributed by atoms with Crippen LogP contribution in [0.15, 0.2) is 23.8 Å². The van der Waals surface area contributed by atoms with E-state index in [1.165, 1.54) is 0 Å². The van der Waals surface area contributed by atoms with Gasteiger partial charge in [0.05, 0.1) is 6.42 Å². The number of rotatable bonds is 5. The summed E-state index contributed by atoms with van der Waals surface area (Å²) >= 11 is 1.65. The Labute approximate surface area is 135 Å². The summed E-state index contributed by atoms with van der Waals surface area (Å²) in [7, 11) is 0. The molecule has 2 aromatic heterocycles. The maximum atomic E-state index is 12.5. The van der Waals surface area contributed by atoms with Crippen LogP contribution in [0.5, 0.6) is 0 Å². The number of amides is 1. The van der Waals surface area contributed by atoms with E-state index in [0.717, 1.165) is 49.6 Å². The van der Waals surface area contributed by atoms with Crippen molar-refractivity contribution in [3.63, 3.8) is 0 Å². The second kappa shape index (κ2) is 7.05. The molecule has 118 valence electrons. The van der Waals surface area contributed by atoms with E-state index in [1.54, 1.807) is 11.3 Å². The van der Waals surface area contributed by atoms with Crippen LogP contribution in [0.3, 0.4) is 0 Å². The molecular weight excluding hydrogens is 296 g/mol. The number of carbonyl (C=O) groups excluding carboxylic acids is 1. The first kappa shape index (κ1) is 15.2.